The van der Waals surface area contributed by atoms with Gasteiger partial charge in [-0.1, -0.05) is 13.0 Å². The molecule has 0 bridgehead atoms. The van der Waals surface area contributed by atoms with Crippen LogP contribution in [0.5, 0.6) is 5.75 Å². The summed E-state index contributed by atoms with van der Waals surface area (Å²) in [6.45, 7) is 7.15. The normalized spacial score (nSPS) is 12.4. The number of hydrogen-bond donors (Lipinski definition) is 1. The molecule has 0 aromatic heterocycles. The maximum Gasteiger partial charge on any atom is 0.119 e. The molecule has 1 unspecified atom stereocenters. The molecule has 1 rings (SSSR count). The maximum absolute atomic E-state index is 5.86. The first-order chi connectivity index (χ1) is 8.63. The minimum absolute atomic E-state index is 0.343. The fraction of sp³-hybridized carbons (Fsp3) is 0.600. The second-order valence-corrected chi connectivity index (χ2v) is 5.84. The van der Waals surface area contributed by atoms with Crippen LogP contribution in [-0.4, -0.2) is 24.2 Å². The highest BCUT2D eigenvalue weighted by Gasteiger charge is 2.00. The SMILES string of the molecule is CCC(N)CSCCCOc1ccc(C)c(C)c1. The van der Waals surface area contributed by atoms with Gasteiger partial charge in [0.25, 0.3) is 0 Å². The van der Waals surface area contributed by atoms with Gasteiger partial charge in [-0.05, 0) is 55.7 Å². The van der Waals surface area contributed by atoms with Crippen LogP contribution in [0.2, 0.25) is 0 Å². The standard InChI is InChI=1S/C15H25NOS/c1-4-14(16)11-18-9-5-8-17-15-7-6-12(2)13(3)10-15/h6-7,10,14H,4-5,8-9,11,16H2,1-3H3. The summed E-state index contributed by atoms with van der Waals surface area (Å²) in [6, 6.07) is 6.60. The third-order valence-corrected chi connectivity index (χ3v) is 4.28. The van der Waals surface area contributed by atoms with E-state index in [4.69, 9.17) is 10.5 Å². The minimum Gasteiger partial charge on any atom is -0.494 e. The van der Waals surface area contributed by atoms with Crippen molar-refractivity contribution in [2.45, 2.75) is 39.7 Å². The van der Waals surface area contributed by atoms with E-state index in [2.05, 4.69) is 32.9 Å². The van der Waals surface area contributed by atoms with Crippen LogP contribution in [0.25, 0.3) is 0 Å². The van der Waals surface area contributed by atoms with Gasteiger partial charge >= 0.3 is 0 Å². The molecule has 1 aromatic rings. The molecule has 0 heterocycles. The van der Waals surface area contributed by atoms with Gasteiger partial charge in [0, 0.05) is 11.8 Å². The molecule has 0 amide bonds. The molecule has 1 aromatic carbocycles. The molecule has 0 fully saturated rings. The predicted molar refractivity (Wildman–Crippen MR) is 81.6 cm³/mol. The summed E-state index contributed by atoms with van der Waals surface area (Å²) in [7, 11) is 0. The van der Waals surface area contributed by atoms with E-state index in [1.807, 2.05) is 17.8 Å². The fourth-order valence-electron chi connectivity index (χ4n) is 1.51. The molecule has 2 N–H and O–H groups in total. The average molecular weight is 267 g/mol. The Morgan fingerprint density at radius 2 is 2.06 bits per heavy atom. The molecule has 3 heteroatoms. The third-order valence-electron chi connectivity index (χ3n) is 3.04. The number of nitrogens with two attached hydrogens (primary N) is 1. The van der Waals surface area contributed by atoms with E-state index in [0.29, 0.717) is 6.04 Å². The van der Waals surface area contributed by atoms with Gasteiger partial charge in [0.2, 0.25) is 0 Å². The molecule has 0 saturated carbocycles. The summed E-state index contributed by atoms with van der Waals surface area (Å²) in [4.78, 5) is 0. The zero-order valence-electron chi connectivity index (χ0n) is 11.7. The highest BCUT2D eigenvalue weighted by molar-refractivity contribution is 7.99. The lowest BCUT2D eigenvalue weighted by Crippen LogP contribution is -2.21. The van der Waals surface area contributed by atoms with E-state index in [1.54, 1.807) is 0 Å². The molecule has 102 valence electrons. The van der Waals surface area contributed by atoms with Crippen molar-refractivity contribution in [1.29, 1.82) is 0 Å². The topological polar surface area (TPSA) is 35.2 Å². The lowest BCUT2D eigenvalue weighted by atomic mass is 10.1. The van der Waals surface area contributed by atoms with Crippen molar-refractivity contribution < 1.29 is 4.74 Å². The first-order valence-electron chi connectivity index (χ1n) is 6.67. The predicted octanol–water partition coefficient (Wildman–Crippen LogP) is 3.54. The van der Waals surface area contributed by atoms with Crippen LogP contribution in [0.4, 0.5) is 0 Å². The number of aryl methyl sites for hydroxylation is 2. The van der Waals surface area contributed by atoms with Crippen LogP contribution < -0.4 is 10.5 Å². The molecule has 18 heavy (non-hydrogen) atoms. The van der Waals surface area contributed by atoms with Crippen LogP contribution in [0.3, 0.4) is 0 Å². The van der Waals surface area contributed by atoms with E-state index in [9.17, 15) is 0 Å². The van der Waals surface area contributed by atoms with Crippen LogP contribution in [-0.2, 0) is 0 Å². The largest absolute Gasteiger partial charge is 0.494 e. The van der Waals surface area contributed by atoms with Crippen molar-refractivity contribution in [2.24, 2.45) is 5.73 Å². The van der Waals surface area contributed by atoms with E-state index in [-0.39, 0.29) is 0 Å². The Morgan fingerprint density at radius 3 is 2.72 bits per heavy atom. The van der Waals surface area contributed by atoms with Crippen LogP contribution in [0.15, 0.2) is 18.2 Å². The lowest BCUT2D eigenvalue weighted by Gasteiger charge is -2.09. The molecular formula is C15H25NOS. The first kappa shape index (κ1) is 15.4. The highest BCUT2D eigenvalue weighted by atomic mass is 32.2. The minimum atomic E-state index is 0.343. The Hall–Kier alpha value is -0.670. The van der Waals surface area contributed by atoms with Crippen molar-refractivity contribution in [3.05, 3.63) is 29.3 Å². The summed E-state index contributed by atoms with van der Waals surface area (Å²) in [5.74, 6) is 3.16. The van der Waals surface area contributed by atoms with E-state index in [0.717, 1.165) is 36.7 Å². The summed E-state index contributed by atoms with van der Waals surface area (Å²) >= 11 is 1.92. The van der Waals surface area contributed by atoms with Crippen LogP contribution >= 0.6 is 11.8 Å². The Kier molecular flexibility index (Phi) is 7.21. The average Bonchev–Trinajstić information content (AvgIpc) is 2.37. The van der Waals surface area contributed by atoms with Gasteiger partial charge in [-0.2, -0.15) is 11.8 Å². The number of thioether (sulfide) groups is 1. The van der Waals surface area contributed by atoms with Gasteiger partial charge in [-0.3, -0.25) is 0 Å². The van der Waals surface area contributed by atoms with Gasteiger partial charge in [-0.15, -0.1) is 0 Å². The van der Waals surface area contributed by atoms with E-state index >= 15 is 0 Å². The van der Waals surface area contributed by atoms with Crippen LogP contribution in [0.1, 0.15) is 30.9 Å². The summed E-state index contributed by atoms with van der Waals surface area (Å²) in [5.41, 5.74) is 8.46. The Morgan fingerprint density at radius 1 is 1.28 bits per heavy atom. The zero-order valence-corrected chi connectivity index (χ0v) is 12.6. The molecule has 2 nitrogen and oxygen atoms in total. The summed E-state index contributed by atoms with van der Waals surface area (Å²) in [6.07, 6.45) is 2.14. The molecule has 0 saturated heterocycles. The van der Waals surface area contributed by atoms with Crippen molar-refractivity contribution in [1.82, 2.24) is 0 Å². The smallest absolute Gasteiger partial charge is 0.119 e. The van der Waals surface area contributed by atoms with Crippen molar-refractivity contribution >= 4 is 11.8 Å². The molecule has 0 aliphatic heterocycles. The summed E-state index contributed by atoms with van der Waals surface area (Å²) in [5, 5.41) is 0. The second kappa shape index (κ2) is 8.44. The van der Waals surface area contributed by atoms with Gasteiger partial charge in [0.1, 0.15) is 5.75 Å². The number of ether oxygens (including phenoxy) is 1. The second-order valence-electron chi connectivity index (χ2n) is 4.69. The van der Waals surface area contributed by atoms with Gasteiger partial charge in [0.05, 0.1) is 6.61 Å². The number of benzene rings is 1. The highest BCUT2D eigenvalue weighted by Crippen LogP contribution is 2.16. The Balaban J connectivity index is 2.12. The Bertz CT molecular complexity index is 354. The molecule has 0 aliphatic rings. The van der Waals surface area contributed by atoms with E-state index < -0.39 is 0 Å². The molecule has 0 spiro atoms. The van der Waals surface area contributed by atoms with Crippen molar-refractivity contribution in [3.8, 4) is 5.75 Å². The van der Waals surface area contributed by atoms with Gasteiger partial charge < -0.3 is 10.5 Å². The Labute approximate surface area is 115 Å². The molecular weight excluding hydrogens is 242 g/mol. The lowest BCUT2D eigenvalue weighted by molar-refractivity contribution is 0.318. The number of hydrogen-bond acceptors (Lipinski definition) is 3. The molecule has 1 atom stereocenters. The zero-order chi connectivity index (χ0) is 13.4. The van der Waals surface area contributed by atoms with Gasteiger partial charge in [-0.25, -0.2) is 0 Å². The summed E-state index contributed by atoms with van der Waals surface area (Å²) < 4.78 is 5.73. The monoisotopic (exact) mass is 267 g/mol. The van der Waals surface area contributed by atoms with Crippen molar-refractivity contribution in [2.75, 3.05) is 18.1 Å². The van der Waals surface area contributed by atoms with Crippen LogP contribution in [0, 0.1) is 13.8 Å². The number of rotatable bonds is 8. The first-order valence-corrected chi connectivity index (χ1v) is 7.82. The fourth-order valence-corrected chi connectivity index (χ4v) is 2.53. The van der Waals surface area contributed by atoms with Crippen molar-refractivity contribution in [3.63, 3.8) is 0 Å². The quantitative estimate of drug-likeness (QED) is 0.732. The van der Waals surface area contributed by atoms with E-state index in [1.165, 1.54) is 11.1 Å². The maximum atomic E-state index is 5.86. The van der Waals surface area contributed by atoms with Gasteiger partial charge in [0.15, 0.2) is 0 Å². The molecule has 0 aliphatic carbocycles. The molecule has 0 radical (unpaired) electrons. The third kappa shape index (κ3) is 5.78.